The van der Waals surface area contributed by atoms with Gasteiger partial charge in [0.2, 0.25) is 5.91 Å². The minimum absolute atomic E-state index is 0.0399. The number of carbonyl (C=O) groups excluding carboxylic acids is 1. The molecule has 0 radical (unpaired) electrons. The van der Waals surface area contributed by atoms with Crippen molar-refractivity contribution in [1.82, 2.24) is 15.1 Å². The first kappa shape index (κ1) is 18.5. The van der Waals surface area contributed by atoms with E-state index in [9.17, 15) is 4.79 Å². The largest absolute Gasteiger partial charge is 0.355 e. The lowest BCUT2D eigenvalue weighted by atomic mass is 10.1. The summed E-state index contributed by atoms with van der Waals surface area (Å²) >= 11 is 7.41. The number of halogens is 1. The number of hydrogen-bond acceptors (Lipinski definition) is 3. The molecular weight excluding hydrogens is 366 g/mol. The van der Waals surface area contributed by atoms with Crippen molar-refractivity contribution in [3.8, 4) is 5.69 Å². The average Bonchev–Trinajstić information content (AvgIpc) is 3.19. The van der Waals surface area contributed by atoms with Crippen LogP contribution in [0.1, 0.15) is 12.5 Å². The Morgan fingerprint density at radius 3 is 2.58 bits per heavy atom. The molecule has 0 fully saturated rings. The van der Waals surface area contributed by atoms with E-state index < -0.39 is 0 Å². The van der Waals surface area contributed by atoms with Crippen LogP contribution in [-0.2, 0) is 11.2 Å². The number of thioether (sulfide) groups is 1. The van der Waals surface area contributed by atoms with Crippen molar-refractivity contribution in [2.24, 2.45) is 0 Å². The van der Waals surface area contributed by atoms with Gasteiger partial charge >= 0.3 is 0 Å². The maximum atomic E-state index is 12.2. The zero-order valence-electron chi connectivity index (χ0n) is 14.4. The van der Waals surface area contributed by atoms with E-state index in [2.05, 4.69) is 22.5 Å². The lowest BCUT2D eigenvalue weighted by Crippen LogP contribution is -2.32. The molecule has 3 aromatic rings. The zero-order valence-corrected chi connectivity index (χ0v) is 16.0. The van der Waals surface area contributed by atoms with Crippen molar-refractivity contribution < 1.29 is 4.79 Å². The molecule has 26 heavy (non-hydrogen) atoms. The first-order valence-corrected chi connectivity index (χ1v) is 9.66. The molecule has 0 aliphatic heterocycles. The molecule has 4 nitrogen and oxygen atoms in total. The Morgan fingerprint density at radius 2 is 1.92 bits per heavy atom. The molecule has 0 spiro atoms. The van der Waals surface area contributed by atoms with Crippen molar-refractivity contribution in [2.45, 2.75) is 23.5 Å². The van der Waals surface area contributed by atoms with E-state index in [1.54, 1.807) is 6.20 Å². The van der Waals surface area contributed by atoms with Gasteiger partial charge in [0.1, 0.15) is 0 Å². The van der Waals surface area contributed by atoms with Gasteiger partial charge in [0, 0.05) is 28.9 Å². The molecule has 0 bridgehead atoms. The van der Waals surface area contributed by atoms with E-state index in [-0.39, 0.29) is 11.2 Å². The fourth-order valence-corrected chi connectivity index (χ4v) is 3.50. The van der Waals surface area contributed by atoms with E-state index in [1.165, 1.54) is 17.3 Å². The van der Waals surface area contributed by atoms with Crippen LogP contribution in [0, 0.1) is 0 Å². The Labute approximate surface area is 162 Å². The molecule has 1 aromatic heterocycles. The molecule has 0 aliphatic rings. The van der Waals surface area contributed by atoms with Crippen LogP contribution in [0.15, 0.2) is 71.9 Å². The highest BCUT2D eigenvalue weighted by Gasteiger charge is 2.13. The first-order valence-electron chi connectivity index (χ1n) is 8.41. The molecule has 0 saturated heterocycles. The van der Waals surface area contributed by atoms with E-state index in [0.29, 0.717) is 11.6 Å². The van der Waals surface area contributed by atoms with E-state index in [1.807, 2.05) is 60.3 Å². The van der Waals surface area contributed by atoms with E-state index in [0.717, 1.165) is 17.0 Å². The van der Waals surface area contributed by atoms with Gasteiger partial charge in [0.15, 0.2) is 0 Å². The number of nitrogens with one attached hydrogen (secondary N) is 1. The second-order valence-electron chi connectivity index (χ2n) is 5.87. The molecule has 2 aromatic carbocycles. The summed E-state index contributed by atoms with van der Waals surface area (Å²) in [5.41, 5.74) is 2.20. The molecule has 3 rings (SSSR count). The van der Waals surface area contributed by atoms with Gasteiger partial charge in [-0.3, -0.25) is 4.79 Å². The summed E-state index contributed by atoms with van der Waals surface area (Å²) in [5, 5.41) is 7.76. The van der Waals surface area contributed by atoms with Crippen LogP contribution in [0.25, 0.3) is 5.69 Å². The number of carbonyl (C=O) groups is 1. The number of nitrogens with zero attached hydrogens (tertiary/aromatic N) is 2. The minimum Gasteiger partial charge on any atom is -0.355 e. The number of hydrogen-bond donors (Lipinski definition) is 1. The summed E-state index contributed by atoms with van der Waals surface area (Å²) in [6, 6.07) is 17.6. The molecule has 1 amide bonds. The van der Waals surface area contributed by atoms with Crippen LogP contribution >= 0.6 is 23.4 Å². The van der Waals surface area contributed by atoms with Crippen LogP contribution in [0.5, 0.6) is 0 Å². The number of rotatable bonds is 7. The van der Waals surface area contributed by atoms with Crippen LogP contribution in [-0.4, -0.2) is 27.5 Å². The number of aromatic nitrogens is 2. The van der Waals surface area contributed by atoms with Gasteiger partial charge in [-0.2, -0.15) is 5.10 Å². The molecule has 0 aliphatic carbocycles. The molecule has 0 saturated carbocycles. The van der Waals surface area contributed by atoms with Crippen LogP contribution < -0.4 is 5.32 Å². The second kappa shape index (κ2) is 8.92. The summed E-state index contributed by atoms with van der Waals surface area (Å²) in [4.78, 5) is 13.3. The van der Waals surface area contributed by atoms with Crippen LogP contribution in [0.2, 0.25) is 5.02 Å². The smallest absolute Gasteiger partial charge is 0.233 e. The van der Waals surface area contributed by atoms with Gasteiger partial charge in [0.25, 0.3) is 0 Å². The SMILES string of the molecule is C[C@H](Sc1ccc(Cl)cc1)C(=O)NCCc1ccc(-n2cccn2)cc1. The van der Waals surface area contributed by atoms with Gasteiger partial charge in [0.05, 0.1) is 10.9 Å². The zero-order chi connectivity index (χ0) is 18.4. The predicted molar refractivity (Wildman–Crippen MR) is 107 cm³/mol. The summed E-state index contributed by atoms with van der Waals surface area (Å²) in [6.45, 7) is 2.53. The highest BCUT2D eigenvalue weighted by Crippen LogP contribution is 2.24. The summed E-state index contributed by atoms with van der Waals surface area (Å²) in [7, 11) is 0. The van der Waals surface area contributed by atoms with Crippen molar-refractivity contribution >= 4 is 29.3 Å². The maximum absolute atomic E-state index is 12.2. The quantitative estimate of drug-likeness (QED) is 0.614. The molecule has 0 unspecified atom stereocenters. The van der Waals surface area contributed by atoms with Crippen molar-refractivity contribution in [3.63, 3.8) is 0 Å². The Hall–Kier alpha value is -2.24. The Kier molecular flexibility index (Phi) is 6.36. The lowest BCUT2D eigenvalue weighted by Gasteiger charge is -2.12. The summed E-state index contributed by atoms with van der Waals surface area (Å²) in [6.07, 6.45) is 4.46. The number of amides is 1. The van der Waals surface area contributed by atoms with Crippen LogP contribution in [0.3, 0.4) is 0 Å². The maximum Gasteiger partial charge on any atom is 0.233 e. The molecule has 1 N–H and O–H groups in total. The minimum atomic E-state index is -0.154. The molecule has 6 heteroatoms. The Bertz CT molecular complexity index is 833. The standard InChI is InChI=1S/C20H20ClN3OS/c1-15(26-19-9-5-17(21)6-10-19)20(25)22-13-11-16-3-7-18(8-4-16)24-14-2-12-23-24/h2-10,12,14-15H,11,13H2,1H3,(H,22,25)/t15-/m0/s1. The van der Waals surface area contributed by atoms with E-state index in [4.69, 9.17) is 11.6 Å². The third kappa shape index (κ3) is 5.13. The molecule has 1 atom stereocenters. The third-order valence-electron chi connectivity index (χ3n) is 3.91. The molecule has 134 valence electrons. The second-order valence-corrected chi connectivity index (χ2v) is 7.72. The Morgan fingerprint density at radius 1 is 1.19 bits per heavy atom. The molecule has 1 heterocycles. The highest BCUT2D eigenvalue weighted by atomic mass is 35.5. The fourth-order valence-electron chi connectivity index (χ4n) is 2.48. The van der Waals surface area contributed by atoms with Crippen LogP contribution in [0.4, 0.5) is 0 Å². The van der Waals surface area contributed by atoms with E-state index >= 15 is 0 Å². The van der Waals surface area contributed by atoms with Crippen molar-refractivity contribution in [1.29, 1.82) is 0 Å². The van der Waals surface area contributed by atoms with Gasteiger partial charge in [-0.05, 0) is 61.4 Å². The third-order valence-corrected chi connectivity index (χ3v) is 5.28. The Balaban J connectivity index is 1.45. The van der Waals surface area contributed by atoms with Gasteiger partial charge in [-0.15, -0.1) is 11.8 Å². The predicted octanol–water partition coefficient (Wildman–Crippen LogP) is 4.37. The first-order chi connectivity index (χ1) is 12.6. The van der Waals surface area contributed by atoms with Gasteiger partial charge in [-0.1, -0.05) is 23.7 Å². The summed E-state index contributed by atoms with van der Waals surface area (Å²) < 4.78 is 1.82. The topological polar surface area (TPSA) is 46.9 Å². The lowest BCUT2D eigenvalue weighted by molar-refractivity contribution is -0.120. The highest BCUT2D eigenvalue weighted by molar-refractivity contribution is 8.00. The monoisotopic (exact) mass is 385 g/mol. The van der Waals surface area contributed by atoms with Crippen molar-refractivity contribution in [2.75, 3.05) is 6.54 Å². The van der Waals surface area contributed by atoms with Gasteiger partial charge in [-0.25, -0.2) is 4.68 Å². The number of benzene rings is 2. The fraction of sp³-hybridized carbons (Fsp3) is 0.200. The van der Waals surface area contributed by atoms with Crippen molar-refractivity contribution in [3.05, 3.63) is 77.6 Å². The van der Waals surface area contributed by atoms with Gasteiger partial charge < -0.3 is 5.32 Å². The summed E-state index contributed by atoms with van der Waals surface area (Å²) in [5.74, 6) is 0.0399. The molecular formula is C20H20ClN3OS. The normalized spacial score (nSPS) is 11.9. The average molecular weight is 386 g/mol.